The second kappa shape index (κ2) is 7.58. The third-order valence-corrected chi connectivity index (χ3v) is 4.35. The van der Waals surface area contributed by atoms with Crippen molar-refractivity contribution in [3.8, 4) is 11.5 Å². The maximum absolute atomic E-state index is 12.7. The quantitative estimate of drug-likeness (QED) is 0.473. The third-order valence-electron chi connectivity index (χ3n) is 3.76. The number of carboxylic acid groups (broad SMARTS) is 1. The van der Waals surface area contributed by atoms with Gasteiger partial charge in [0.2, 0.25) is 0 Å². The predicted octanol–water partition coefficient (Wildman–Crippen LogP) is 4.92. The summed E-state index contributed by atoms with van der Waals surface area (Å²) in [6.45, 7) is 2.06. The largest absolute Gasteiger partial charge is 0.490 e. The molecule has 0 amide bonds. The van der Waals surface area contributed by atoms with Crippen LogP contribution in [0.5, 0.6) is 11.5 Å². The molecule has 0 aliphatic carbocycles. The van der Waals surface area contributed by atoms with Crippen LogP contribution in [0.25, 0.3) is 10.8 Å². The number of carbonyl (C=O) groups excluding carboxylic acids is 1. The van der Waals surface area contributed by atoms with Crippen LogP contribution < -0.4 is 9.47 Å². The standard InChI is InChI=1S/C20H15BrO5/c1-2-25-17-11-13(19(22)23)10-16(21)18(17)26-20(24)15-9-5-7-12-6-3-4-8-14(12)15/h3-11H,2H2,1H3,(H,22,23). The van der Waals surface area contributed by atoms with Crippen LogP contribution >= 0.6 is 15.9 Å². The van der Waals surface area contributed by atoms with E-state index >= 15 is 0 Å². The highest BCUT2D eigenvalue weighted by atomic mass is 79.9. The summed E-state index contributed by atoms with van der Waals surface area (Å²) in [7, 11) is 0. The average Bonchev–Trinajstić information content (AvgIpc) is 2.63. The van der Waals surface area contributed by atoms with Gasteiger partial charge in [-0.2, -0.15) is 0 Å². The van der Waals surface area contributed by atoms with Crippen LogP contribution in [0.4, 0.5) is 0 Å². The minimum absolute atomic E-state index is 0.0327. The molecule has 1 N–H and O–H groups in total. The maximum atomic E-state index is 12.7. The van der Waals surface area contributed by atoms with E-state index in [0.717, 1.165) is 10.8 Å². The van der Waals surface area contributed by atoms with Gasteiger partial charge in [-0.1, -0.05) is 36.4 Å². The van der Waals surface area contributed by atoms with Gasteiger partial charge in [0.25, 0.3) is 0 Å². The summed E-state index contributed by atoms with van der Waals surface area (Å²) in [5, 5.41) is 10.9. The highest BCUT2D eigenvalue weighted by Crippen LogP contribution is 2.37. The monoisotopic (exact) mass is 414 g/mol. The third kappa shape index (κ3) is 3.55. The van der Waals surface area contributed by atoms with E-state index in [-0.39, 0.29) is 17.1 Å². The molecular formula is C20H15BrO5. The zero-order valence-electron chi connectivity index (χ0n) is 13.9. The van der Waals surface area contributed by atoms with E-state index in [0.29, 0.717) is 16.6 Å². The molecule has 0 fully saturated rings. The Bertz CT molecular complexity index is 991. The first-order valence-electron chi connectivity index (χ1n) is 7.91. The van der Waals surface area contributed by atoms with Crippen LogP contribution in [0, 0.1) is 0 Å². The van der Waals surface area contributed by atoms with Crippen molar-refractivity contribution >= 4 is 38.6 Å². The fourth-order valence-corrected chi connectivity index (χ4v) is 3.13. The summed E-state index contributed by atoms with van der Waals surface area (Å²) in [5.74, 6) is -1.31. The maximum Gasteiger partial charge on any atom is 0.344 e. The molecule has 3 rings (SSSR count). The number of aromatic carboxylic acids is 1. The Morgan fingerprint density at radius 1 is 1.08 bits per heavy atom. The molecule has 0 bridgehead atoms. The van der Waals surface area contributed by atoms with Gasteiger partial charge in [0.1, 0.15) is 0 Å². The number of hydrogen-bond donors (Lipinski definition) is 1. The molecule has 0 unspecified atom stereocenters. The second-order valence-corrected chi connectivity index (χ2v) is 6.29. The minimum Gasteiger partial charge on any atom is -0.490 e. The minimum atomic E-state index is -1.10. The predicted molar refractivity (Wildman–Crippen MR) is 101 cm³/mol. The van der Waals surface area contributed by atoms with E-state index in [1.54, 1.807) is 19.1 Å². The van der Waals surface area contributed by atoms with Gasteiger partial charge >= 0.3 is 11.9 Å². The Labute approximate surface area is 158 Å². The number of benzene rings is 3. The average molecular weight is 415 g/mol. The van der Waals surface area contributed by atoms with Gasteiger partial charge in [-0.05, 0) is 51.8 Å². The van der Waals surface area contributed by atoms with Gasteiger partial charge in [-0.25, -0.2) is 9.59 Å². The molecule has 0 atom stereocenters. The van der Waals surface area contributed by atoms with Crippen molar-refractivity contribution in [3.63, 3.8) is 0 Å². The van der Waals surface area contributed by atoms with Crippen molar-refractivity contribution in [2.75, 3.05) is 6.61 Å². The molecule has 0 radical (unpaired) electrons. The summed E-state index contributed by atoms with van der Waals surface area (Å²) in [6, 6.07) is 15.6. The van der Waals surface area contributed by atoms with E-state index in [1.165, 1.54) is 12.1 Å². The second-order valence-electron chi connectivity index (χ2n) is 5.44. The lowest BCUT2D eigenvalue weighted by Crippen LogP contribution is -2.11. The number of rotatable bonds is 5. The van der Waals surface area contributed by atoms with Crippen LogP contribution in [-0.4, -0.2) is 23.7 Å². The molecule has 0 aromatic heterocycles. The molecule has 0 aliphatic rings. The zero-order valence-corrected chi connectivity index (χ0v) is 15.4. The number of fused-ring (bicyclic) bond motifs is 1. The first-order valence-corrected chi connectivity index (χ1v) is 8.70. The van der Waals surface area contributed by atoms with Gasteiger partial charge in [0.05, 0.1) is 22.2 Å². The topological polar surface area (TPSA) is 72.8 Å². The van der Waals surface area contributed by atoms with Crippen LogP contribution in [-0.2, 0) is 0 Å². The van der Waals surface area contributed by atoms with E-state index in [1.807, 2.05) is 30.3 Å². The number of ether oxygens (including phenoxy) is 2. The van der Waals surface area contributed by atoms with Crippen molar-refractivity contribution in [1.82, 2.24) is 0 Å². The molecule has 26 heavy (non-hydrogen) atoms. The number of halogens is 1. The Balaban J connectivity index is 2.02. The van der Waals surface area contributed by atoms with Crippen molar-refractivity contribution in [3.05, 3.63) is 70.2 Å². The van der Waals surface area contributed by atoms with Crippen LogP contribution in [0.1, 0.15) is 27.6 Å². The van der Waals surface area contributed by atoms with Gasteiger partial charge in [0.15, 0.2) is 11.5 Å². The zero-order chi connectivity index (χ0) is 18.7. The van der Waals surface area contributed by atoms with Gasteiger partial charge < -0.3 is 14.6 Å². The molecule has 3 aromatic rings. The molecule has 0 saturated heterocycles. The normalized spacial score (nSPS) is 10.5. The van der Waals surface area contributed by atoms with Crippen molar-refractivity contribution in [1.29, 1.82) is 0 Å². The van der Waals surface area contributed by atoms with Gasteiger partial charge in [-0.15, -0.1) is 0 Å². The highest BCUT2D eigenvalue weighted by molar-refractivity contribution is 9.10. The van der Waals surface area contributed by atoms with E-state index < -0.39 is 11.9 Å². The summed E-state index contributed by atoms with van der Waals surface area (Å²) < 4.78 is 11.3. The molecule has 0 spiro atoms. The number of carbonyl (C=O) groups is 2. The van der Waals surface area contributed by atoms with E-state index in [9.17, 15) is 14.7 Å². The van der Waals surface area contributed by atoms with Crippen LogP contribution in [0.3, 0.4) is 0 Å². The van der Waals surface area contributed by atoms with E-state index in [4.69, 9.17) is 9.47 Å². The lowest BCUT2D eigenvalue weighted by molar-refractivity contribution is 0.0696. The molecule has 132 valence electrons. The van der Waals surface area contributed by atoms with Crippen molar-refractivity contribution in [2.24, 2.45) is 0 Å². The molecule has 5 nitrogen and oxygen atoms in total. The molecule has 0 aliphatic heterocycles. The Morgan fingerprint density at radius 3 is 2.54 bits per heavy atom. The fourth-order valence-electron chi connectivity index (χ4n) is 2.60. The Hall–Kier alpha value is -2.86. The van der Waals surface area contributed by atoms with Crippen LogP contribution in [0.15, 0.2) is 59.1 Å². The SMILES string of the molecule is CCOc1cc(C(=O)O)cc(Br)c1OC(=O)c1cccc2ccccc12. The Kier molecular flexibility index (Phi) is 5.23. The summed E-state index contributed by atoms with van der Waals surface area (Å²) in [5.41, 5.74) is 0.449. The van der Waals surface area contributed by atoms with Crippen molar-refractivity contribution < 1.29 is 24.2 Å². The van der Waals surface area contributed by atoms with Gasteiger partial charge in [0, 0.05) is 0 Å². The Morgan fingerprint density at radius 2 is 1.81 bits per heavy atom. The molecular weight excluding hydrogens is 400 g/mol. The summed E-state index contributed by atoms with van der Waals surface area (Å²) in [4.78, 5) is 24.0. The first-order chi connectivity index (χ1) is 12.5. The van der Waals surface area contributed by atoms with Crippen LogP contribution in [0.2, 0.25) is 0 Å². The van der Waals surface area contributed by atoms with Crippen molar-refractivity contribution in [2.45, 2.75) is 6.92 Å². The fraction of sp³-hybridized carbons (Fsp3) is 0.100. The number of hydrogen-bond acceptors (Lipinski definition) is 4. The summed E-state index contributed by atoms with van der Waals surface area (Å²) in [6.07, 6.45) is 0. The van der Waals surface area contributed by atoms with E-state index in [2.05, 4.69) is 15.9 Å². The number of esters is 1. The lowest BCUT2D eigenvalue weighted by atomic mass is 10.0. The molecule has 0 heterocycles. The number of carboxylic acids is 1. The smallest absolute Gasteiger partial charge is 0.344 e. The molecule has 0 saturated carbocycles. The summed E-state index contributed by atoms with van der Waals surface area (Å²) >= 11 is 3.27. The lowest BCUT2D eigenvalue weighted by Gasteiger charge is -2.14. The highest BCUT2D eigenvalue weighted by Gasteiger charge is 2.20. The molecule has 6 heteroatoms. The molecule has 3 aromatic carbocycles. The first kappa shape index (κ1) is 17.9. The van der Waals surface area contributed by atoms with Gasteiger partial charge in [-0.3, -0.25) is 0 Å².